The van der Waals surface area contributed by atoms with Crippen molar-refractivity contribution in [3.8, 4) is 0 Å². The maximum atomic E-state index is 11.4. The lowest BCUT2D eigenvalue weighted by Crippen LogP contribution is -2.10. The molecule has 96 valence electrons. The summed E-state index contributed by atoms with van der Waals surface area (Å²) in [4.78, 5) is 11.4. The molecule has 0 N–H and O–H groups in total. The molecule has 0 amide bonds. The largest absolute Gasteiger partial charge is 0.299 e. The second kappa shape index (κ2) is 8.05. The van der Waals surface area contributed by atoms with Crippen LogP contribution in [0.1, 0.15) is 53.9 Å². The van der Waals surface area contributed by atoms with Crippen LogP contribution in [0.3, 0.4) is 0 Å². The Morgan fingerprint density at radius 3 is 2.12 bits per heavy atom. The van der Waals surface area contributed by atoms with E-state index in [4.69, 9.17) is 0 Å². The molecule has 0 saturated heterocycles. The van der Waals surface area contributed by atoms with Gasteiger partial charge < -0.3 is 0 Å². The molecule has 1 heteroatoms. The van der Waals surface area contributed by atoms with Gasteiger partial charge in [0.1, 0.15) is 5.78 Å². The Balaban J connectivity index is 4.25. The van der Waals surface area contributed by atoms with Crippen LogP contribution in [0.5, 0.6) is 0 Å². The number of allylic oxidation sites excluding steroid dienone is 5. The Labute approximate surface area is 106 Å². The van der Waals surface area contributed by atoms with E-state index in [1.54, 1.807) is 6.92 Å². The van der Waals surface area contributed by atoms with E-state index in [0.717, 1.165) is 24.8 Å². The lowest BCUT2D eigenvalue weighted by atomic mass is 9.93. The van der Waals surface area contributed by atoms with Gasteiger partial charge in [0, 0.05) is 5.92 Å². The molecule has 1 unspecified atom stereocenters. The van der Waals surface area contributed by atoms with Crippen molar-refractivity contribution in [1.29, 1.82) is 0 Å². The Kier molecular flexibility index (Phi) is 7.53. The van der Waals surface area contributed by atoms with Crippen LogP contribution in [0.15, 0.2) is 35.5 Å². The van der Waals surface area contributed by atoms with Crippen molar-refractivity contribution in [2.75, 3.05) is 0 Å². The normalized spacial score (nSPS) is 13.1. The molecular formula is C16H26O. The zero-order valence-corrected chi connectivity index (χ0v) is 12.0. The molecule has 0 fully saturated rings. The van der Waals surface area contributed by atoms with Crippen molar-refractivity contribution < 1.29 is 4.79 Å². The number of Topliss-reactive ketones (excluding diaryl/α,β-unsaturated/α-hetero) is 1. The minimum absolute atomic E-state index is 0.00611. The van der Waals surface area contributed by atoms with Gasteiger partial charge in [-0.1, -0.05) is 35.5 Å². The minimum Gasteiger partial charge on any atom is -0.299 e. The van der Waals surface area contributed by atoms with E-state index in [-0.39, 0.29) is 11.7 Å². The van der Waals surface area contributed by atoms with E-state index in [9.17, 15) is 4.79 Å². The topological polar surface area (TPSA) is 17.1 Å². The molecule has 17 heavy (non-hydrogen) atoms. The highest BCUT2D eigenvalue weighted by atomic mass is 16.1. The third-order valence-corrected chi connectivity index (χ3v) is 2.88. The second-order valence-corrected chi connectivity index (χ2v) is 5.12. The fourth-order valence-corrected chi connectivity index (χ4v) is 1.72. The number of carbonyl (C=O) groups is 1. The molecule has 0 aliphatic heterocycles. The summed E-state index contributed by atoms with van der Waals surface area (Å²) in [7, 11) is 0. The molecule has 0 spiro atoms. The quantitative estimate of drug-likeness (QED) is 0.575. The van der Waals surface area contributed by atoms with Gasteiger partial charge in [0.2, 0.25) is 0 Å². The summed E-state index contributed by atoms with van der Waals surface area (Å²) in [6.45, 7) is 13.8. The van der Waals surface area contributed by atoms with Crippen molar-refractivity contribution in [3.63, 3.8) is 0 Å². The highest BCUT2D eigenvalue weighted by Crippen LogP contribution is 2.17. The van der Waals surface area contributed by atoms with Crippen molar-refractivity contribution >= 4 is 5.78 Å². The molecule has 0 radical (unpaired) electrons. The fraction of sp³-hybridized carbons (Fsp3) is 0.562. The van der Waals surface area contributed by atoms with Gasteiger partial charge in [0.25, 0.3) is 0 Å². The summed E-state index contributed by atoms with van der Waals surface area (Å²) in [5.41, 5.74) is 3.68. The summed E-state index contributed by atoms with van der Waals surface area (Å²) in [5, 5.41) is 0. The van der Waals surface area contributed by atoms with Crippen LogP contribution < -0.4 is 0 Å². The first kappa shape index (κ1) is 15.9. The first-order valence-corrected chi connectivity index (χ1v) is 6.29. The van der Waals surface area contributed by atoms with Crippen LogP contribution in [0, 0.1) is 5.92 Å². The van der Waals surface area contributed by atoms with Crippen molar-refractivity contribution in [1.82, 2.24) is 0 Å². The van der Waals surface area contributed by atoms with Gasteiger partial charge in [0.05, 0.1) is 0 Å². The maximum Gasteiger partial charge on any atom is 0.137 e. The van der Waals surface area contributed by atoms with Crippen LogP contribution in [-0.2, 0) is 4.79 Å². The van der Waals surface area contributed by atoms with E-state index in [0.29, 0.717) is 0 Å². The molecule has 0 aliphatic carbocycles. The summed E-state index contributed by atoms with van der Waals surface area (Å²) >= 11 is 0. The van der Waals surface area contributed by atoms with Crippen molar-refractivity contribution in [2.24, 2.45) is 5.92 Å². The van der Waals surface area contributed by atoms with E-state index in [1.807, 2.05) is 6.92 Å². The molecule has 0 bridgehead atoms. The molecule has 1 atom stereocenters. The third-order valence-electron chi connectivity index (χ3n) is 2.88. The standard InChI is InChI=1S/C16H26O/c1-12(2)8-7-9-14(5)10-11-16(13(3)4)15(6)17/h8,10,16H,3,7,9,11H2,1-2,4-6H3. The number of ketones is 1. The van der Waals surface area contributed by atoms with Crippen LogP contribution in [-0.4, -0.2) is 5.78 Å². The number of rotatable bonds is 7. The van der Waals surface area contributed by atoms with Gasteiger partial charge in [0.15, 0.2) is 0 Å². The SMILES string of the molecule is C=C(C)C(CC=C(C)CCC=C(C)C)C(C)=O. The van der Waals surface area contributed by atoms with Gasteiger partial charge in [-0.3, -0.25) is 4.79 Å². The zero-order chi connectivity index (χ0) is 13.4. The van der Waals surface area contributed by atoms with Crippen LogP contribution in [0.2, 0.25) is 0 Å². The first-order valence-electron chi connectivity index (χ1n) is 6.29. The van der Waals surface area contributed by atoms with Crippen LogP contribution in [0.25, 0.3) is 0 Å². The molecule has 0 heterocycles. The first-order chi connectivity index (χ1) is 7.84. The number of hydrogen-bond donors (Lipinski definition) is 0. The molecule has 0 saturated carbocycles. The fourth-order valence-electron chi connectivity index (χ4n) is 1.72. The summed E-state index contributed by atoms with van der Waals surface area (Å²) in [6, 6.07) is 0. The molecular weight excluding hydrogens is 208 g/mol. The summed E-state index contributed by atoms with van der Waals surface area (Å²) in [5.74, 6) is 0.208. The molecule has 0 aliphatic rings. The van der Waals surface area contributed by atoms with Crippen LogP contribution in [0.4, 0.5) is 0 Å². The molecule has 0 aromatic heterocycles. The third kappa shape index (κ3) is 7.73. The Bertz CT molecular complexity index is 313. The van der Waals surface area contributed by atoms with Gasteiger partial charge >= 0.3 is 0 Å². The average Bonchev–Trinajstić information content (AvgIpc) is 2.15. The maximum absolute atomic E-state index is 11.4. The predicted molar refractivity (Wildman–Crippen MR) is 76.0 cm³/mol. The second-order valence-electron chi connectivity index (χ2n) is 5.12. The van der Waals surface area contributed by atoms with Gasteiger partial charge in [-0.2, -0.15) is 0 Å². The molecule has 0 rings (SSSR count). The highest BCUT2D eigenvalue weighted by molar-refractivity contribution is 5.81. The van der Waals surface area contributed by atoms with Crippen molar-refractivity contribution in [3.05, 3.63) is 35.5 Å². The van der Waals surface area contributed by atoms with Gasteiger partial charge in [-0.05, 0) is 53.9 Å². The lowest BCUT2D eigenvalue weighted by molar-refractivity contribution is -0.119. The van der Waals surface area contributed by atoms with Gasteiger partial charge in [-0.25, -0.2) is 0 Å². The minimum atomic E-state index is -0.00611. The van der Waals surface area contributed by atoms with E-state index < -0.39 is 0 Å². The molecule has 0 aromatic carbocycles. The number of carbonyl (C=O) groups excluding carboxylic acids is 1. The van der Waals surface area contributed by atoms with Crippen molar-refractivity contribution in [2.45, 2.75) is 53.9 Å². The lowest BCUT2D eigenvalue weighted by Gasteiger charge is -2.11. The van der Waals surface area contributed by atoms with E-state index in [1.165, 1.54) is 11.1 Å². The van der Waals surface area contributed by atoms with E-state index in [2.05, 4.69) is 39.5 Å². The summed E-state index contributed by atoms with van der Waals surface area (Å²) in [6.07, 6.45) is 7.39. The zero-order valence-electron chi connectivity index (χ0n) is 12.0. The number of hydrogen-bond acceptors (Lipinski definition) is 1. The van der Waals surface area contributed by atoms with Crippen LogP contribution >= 0.6 is 0 Å². The predicted octanol–water partition coefficient (Wildman–Crippen LogP) is 4.85. The average molecular weight is 234 g/mol. The molecule has 1 nitrogen and oxygen atoms in total. The Hall–Kier alpha value is -1.11. The monoisotopic (exact) mass is 234 g/mol. The Morgan fingerprint density at radius 1 is 1.12 bits per heavy atom. The van der Waals surface area contributed by atoms with Gasteiger partial charge in [-0.15, -0.1) is 0 Å². The Morgan fingerprint density at radius 2 is 1.71 bits per heavy atom. The summed E-state index contributed by atoms with van der Waals surface area (Å²) < 4.78 is 0. The molecule has 0 aromatic rings. The smallest absolute Gasteiger partial charge is 0.137 e. The highest BCUT2D eigenvalue weighted by Gasteiger charge is 2.12. The van der Waals surface area contributed by atoms with E-state index >= 15 is 0 Å².